The molecule has 15 heavy (non-hydrogen) atoms. The van der Waals surface area contributed by atoms with Crippen molar-refractivity contribution in [3.8, 4) is 0 Å². The minimum Gasteiger partial charge on any atom is -0.420 e. The molecule has 0 aliphatic heterocycles. The maximum atomic E-state index is 5.74. The van der Waals surface area contributed by atoms with Gasteiger partial charge in [-0.05, 0) is 36.7 Å². The topological polar surface area (TPSA) is 9.23 Å². The first-order valence-electron chi connectivity index (χ1n) is 5.26. The lowest BCUT2D eigenvalue weighted by atomic mass is 10.1. The summed E-state index contributed by atoms with van der Waals surface area (Å²) < 4.78 is 5.52. The summed E-state index contributed by atoms with van der Waals surface area (Å²) in [5.41, 5.74) is 2.56. The SMILES string of the molecule is CO[Si](C)(C)CCc1ccc(CCl)cc1. The Kier molecular flexibility index (Phi) is 4.83. The van der Waals surface area contributed by atoms with Crippen molar-refractivity contribution < 1.29 is 4.43 Å². The summed E-state index contributed by atoms with van der Waals surface area (Å²) in [5, 5.41) is 0. The summed E-state index contributed by atoms with van der Waals surface area (Å²) in [5.74, 6) is 0.596. The van der Waals surface area contributed by atoms with E-state index < -0.39 is 8.32 Å². The van der Waals surface area contributed by atoms with Crippen LogP contribution in [0.5, 0.6) is 0 Å². The van der Waals surface area contributed by atoms with Gasteiger partial charge in [0.25, 0.3) is 0 Å². The average Bonchev–Trinajstić information content (AvgIpc) is 2.27. The quantitative estimate of drug-likeness (QED) is 0.564. The zero-order valence-electron chi connectivity index (χ0n) is 9.72. The average molecular weight is 243 g/mol. The van der Waals surface area contributed by atoms with Gasteiger partial charge >= 0.3 is 0 Å². The lowest BCUT2D eigenvalue weighted by molar-refractivity contribution is 0.403. The summed E-state index contributed by atoms with van der Waals surface area (Å²) >= 11 is 5.74. The molecule has 1 nitrogen and oxygen atoms in total. The van der Waals surface area contributed by atoms with Crippen LogP contribution >= 0.6 is 11.6 Å². The zero-order valence-corrected chi connectivity index (χ0v) is 11.5. The van der Waals surface area contributed by atoms with E-state index in [4.69, 9.17) is 16.0 Å². The summed E-state index contributed by atoms with van der Waals surface area (Å²) in [6.07, 6.45) is 1.11. The summed E-state index contributed by atoms with van der Waals surface area (Å²) in [6.45, 7) is 4.50. The maximum Gasteiger partial charge on any atom is 0.186 e. The fourth-order valence-electron chi connectivity index (χ4n) is 1.34. The second-order valence-corrected chi connectivity index (χ2v) is 9.11. The molecule has 0 heterocycles. The molecule has 0 fully saturated rings. The highest BCUT2D eigenvalue weighted by atomic mass is 35.5. The van der Waals surface area contributed by atoms with Gasteiger partial charge in [0.1, 0.15) is 0 Å². The van der Waals surface area contributed by atoms with E-state index in [1.54, 1.807) is 0 Å². The molecular formula is C12H19ClOSi. The number of halogens is 1. The van der Waals surface area contributed by atoms with Crippen LogP contribution < -0.4 is 0 Å². The first kappa shape index (κ1) is 12.8. The molecule has 0 N–H and O–H groups in total. The Hall–Kier alpha value is -0.313. The van der Waals surface area contributed by atoms with Crippen LogP contribution in [0.4, 0.5) is 0 Å². The van der Waals surface area contributed by atoms with Crippen molar-refractivity contribution in [3.63, 3.8) is 0 Å². The molecule has 0 aromatic heterocycles. The highest BCUT2D eigenvalue weighted by molar-refractivity contribution is 6.71. The third kappa shape index (κ3) is 4.37. The fraction of sp³-hybridized carbons (Fsp3) is 0.500. The Morgan fingerprint density at radius 2 is 1.67 bits per heavy atom. The Morgan fingerprint density at radius 1 is 1.13 bits per heavy atom. The molecule has 0 unspecified atom stereocenters. The number of hydrogen-bond donors (Lipinski definition) is 0. The van der Waals surface area contributed by atoms with Crippen LogP contribution in [-0.4, -0.2) is 15.4 Å². The summed E-state index contributed by atoms with van der Waals surface area (Å²) in [4.78, 5) is 0. The van der Waals surface area contributed by atoms with Crippen molar-refractivity contribution in [2.45, 2.75) is 31.4 Å². The number of hydrogen-bond acceptors (Lipinski definition) is 1. The minimum atomic E-state index is -1.41. The first-order chi connectivity index (χ1) is 7.07. The number of benzene rings is 1. The Morgan fingerprint density at radius 3 is 2.13 bits per heavy atom. The third-order valence-electron chi connectivity index (χ3n) is 2.75. The molecule has 0 atom stereocenters. The van der Waals surface area contributed by atoms with Gasteiger partial charge in [-0.1, -0.05) is 24.3 Å². The molecule has 1 rings (SSSR count). The summed E-state index contributed by atoms with van der Waals surface area (Å²) in [7, 11) is 0.414. The van der Waals surface area contributed by atoms with Crippen LogP contribution in [0.3, 0.4) is 0 Å². The van der Waals surface area contributed by atoms with E-state index in [1.807, 2.05) is 7.11 Å². The van der Waals surface area contributed by atoms with E-state index in [-0.39, 0.29) is 0 Å². The van der Waals surface area contributed by atoms with Gasteiger partial charge in [0.05, 0.1) is 0 Å². The van der Waals surface area contributed by atoms with Gasteiger partial charge < -0.3 is 4.43 Å². The number of alkyl halides is 1. The molecule has 0 aliphatic rings. The van der Waals surface area contributed by atoms with Gasteiger partial charge in [-0.3, -0.25) is 0 Å². The van der Waals surface area contributed by atoms with E-state index in [0.29, 0.717) is 5.88 Å². The molecule has 3 heteroatoms. The van der Waals surface area contributed by atoms with Crippen molar-refractivity contribution in [1.29, 1.82) is 0 Å². The van der Waals surface area contributed by atoms with Gasteiger partial charge in [0.15, 0.2) is 8.32 Å². The fourth-order valence-corrected chi connectivity index (χ4v) is 2.62. The predicted molar refractivity (Wildman–Crippen MR) is 69.0 cm³/mol. The standard InChI is InChI=1S/C12H19ClOSi/c1-14-15(2,3)9-8-11-4-6-12(10-13)7-5-11/h4-7H,8-10H2,1-3H3. The van der Waals surface area contributed by atoms with E-state index in [9.17, 15) is 0 Å². The highest BCUT2D eigenvalue weighted by Gasteiger charge is 2.19. The molecule has 0 radical (unpaired) electrons. The number of aryl methyl sites for hydroxylation is 1. The van der Waals surface area contributed by atoms with Crippen LogP contribution in [0.15, 0.2) is 24.3 Å². The van der Waals surface area contributed by atoms with Gasteiger partial charge in [-0.2, -0.15) is 0 Å². The van der Waals surface area contributed by atoms with Gasteiger partial charge in [-0.15, -0.1) is 11.6 Å². The normalized spacial score (nSPS) is 11.7. The zero-order chi connectivity index (χ0) is 11.3. The molecule has 0 saturated heterocycles. The Bertz CT molecular complexity index is 295. The van der Waals surface area contributed by atoms with Gasteiger partial charge in [0, 0.05) is 13.0 Å². The molecule has 84 valence electrons. The van der Waals surface area contributed by atoms with Crippen molar-refractivity contribution in [1.82, 2.24) is 0 Å². The third-order valence-corrected chi connectivity index (χ3v) is 5.61. The molecule has 1 aromatic rings. The summed E-state index contributed by atoms with van der Waals surface area (Å²) in [6, 6.07) is 9.70. The van der Waals surface area contributed by atoms with E-state index >= 15 is 0 Å². The van der Waals surface area contributed by atoms with Crippen molar-refractivity contribution >= 4 is 19.9 Å². The molecule has 0 aliphatic carbocycles. The molecule has 1 aromatic carbocycles. The first-order valence-corrected chi connectivity index (χ1v) is 8.91. The van der Waals surface area contributed by atoms with Crippen LogP contribution in [0.1, 0.15) is 11.1 Å². The molecule has 0 bridgehead atoms. The maximum absolute atomic E-state index is 5.74. The molecule has 0 saturated carbocycles. The smallest absolute Gasteiger partial charge is 0.186 e. The lowest BCUT2D eigenvalue weighted by Gasteiger charge is -2.19. The van der Waals surface area contributed by atoms with E-state index in [0.717, 1.165) is 6.42 Å². The molecule has 0 spiro atoms. The van der Waals surface area contributed by atoms with Gasteiger partial charge in [-0.25, -0.2) is 0 Å². The lowest BCUT2D eigenvalue weighted by Crippen LogP contribution is -2.28. The Balaban J connectivity index is 2.51. The Labute approximate surface area is 98.5 Å². The van der Waals surface area contributed by atoms with Gasteiger partial charge in [0.2, 0.25) is 0 Å². The van der Waals surface area contributed by atoms with Crippen molar-refractivity contribution in [2.24, 2.45) is 0 Å². The monoisotopic (exact) mass is 242 g/mol. The predicted octanol–water partition coefficient (Wildman–Crippen LogP) is 3.82. The van der Waals surface area contributed by atoms with Crippen molar-refractivity contribution in [3.05, 3.63) is 35.4 Å². The second-order valence-electron chi connectivity index (χ2n) is 4.41. The van der Waals surface area contributed by atoms with Crippen LogP contribution in [0, 0.1) is 0 Å². The number of rotatable bonds is 5. The van der Waals surface area contributed by atoms with Crippen LogP contribution in [0.25, 0.3) is 0 Å². The van der Waals surface area contributed by atoms with E-state index in [2.05, 4.69) is 37.4 Å². The largest absolute Gasteiger partial charge is 0.420 e. The second kappa shape index (κ2) is 5.68. The molecular weight excluding hydrogens is 224 g/mol. The van der Waals surface area contributed by atoms with E-state index in [1.165, 1.54) is 17.2 Å². The van der Waals surface area contributed by atoms with Crippen LogP contribution in [-0.2, 0) is 16.7 Å². The molecule has 0 amide bonds. The highest BCUT2D eigenvalue weighted by Crippen LogP contribution is 2.15. The van der Waals surface area contributed by atoms with Crippen molar-refractivity contribution in [2.75, 3.05) is 7.11 Å². The minimum absolute atomic E-state index is 0.596. The van der Waals surface area contributed by atoms with Crippen LogP contribution in [0.2, 0.25) is 19.1 Å².